The van der Waals surface area contributed by atoms with E-state index in [9.17, 15) is 4.39 Å². The van der Waals surface area contributed by atoms with Crippen molar-refractivity contribution < 1.29 is 9.50 Å². The van der Waals surface area contributed by atoms with Crippen LogP contribution in [-0.2, 0) is 0 Å². The molecule has 66 valence electrons. The molecule has 0 spiro atoms. The molecule has 0 radical (unpaired) electrons. The minimum absolute atomic E-state index is 0.330. The third kappa shape index (κ3) is 2.03. The summed E-state index contributed by atoms with van der Waals surface area (Å²) >= 11 is 0. The fraction of sp³-hybridized carbons (Fsp3) is 0.333. The minimum atomic E-state index is -0.660. The normalized spacial score (nSPS) is 15.7. The van der Waals surface area contributed by atoms with Crippen LogP contribution in [0.5, 0.6) is 0 Å². The summed E-state index contributed by atoms with van der Waals surface area (Å²) in [5.74, 6) is -0.330. The molecule has 0 fully saturated rings. The lowest BCUT2D eigenvalue weighted by atomic mass is 10.0. The fourth-order valence-corrected chi connectivity index (χ4v) is 0.992. The summed E-state index contributed by atoms with van der Waals surface area (Å²) in [6, 6.07) is 5.43. The first-order chi connectivity index (χ1) is 5.61. The summed E-state index contributed by atoms with van der Waals surface area (Å²) < 4.78 is 12.7. The number of hydrogen-bond donors (Lipinski definition) is 2. The molecule has 0 aliphatic rings. The van der Waals surface area contributed by atoms with Crippen LogP contribution in [0.2, 0.25) is 0 Å². The summed E-state index contributed by atoms with van der Waals surface area (Å²) in [4.78, 5) is 0. The predicted octanol–water partition coefficient (Wildman–Crippen LogP) is 1.21. The Balaban J connectivity index is 2.88. The topological polar surface area (TPSA) is 46.2 Å². The van der Waals surface area contributed by atoms with Crippen LogP contribution < -0.4 is 5.73 Å². The van der Waals surface area contributed by atoms with Crippen molar-refractivity contribution in [3.63, 3.8) is 0 Å². The van der Waals surface area contributed by atoms with Crippen molar-refractivity contribution in [1.82, 2.24) is 0 Å². The highest BCUT2D eigenvalue weighted by Crippen LogP contribution is 2.14. The van der Waals surface area contributed by atoms with Gasteiger partial charge in [0.2, 0.25) is 0 Å². The summed E-state index contributed by atoms with van der Waals surface area (Å²) in [6.45, 7) is 1.58. The van der Waals surface area contributed by atoms with Crippen molar-refractivity contribution in [2.75, 3.05) is 0 Å². The molecule has 12 heavy (non-hydrogen) atoms. The second kappa shape index (κ2) is 3.65. The van der Waals surface area contributed by atoms with E-state index in [1.54, 1.807) is 19.1 Å². The van der Waals surface area contributed by atoms with E-state index in [4.69, 9.17) is 10.8 Å². The van der Waals surface area contributed by atoms with Gasteiger partial charge in [0.1, 0.15) is 5.82 Å². The van der Waals surface area contributed by atoms with Gasteiger partial charge in [-0.2, -0.15) is 0 Å². The predicted molar refractivity (Wildman–Crippen MR) is 45.0 cm³/mol. The molecule has 2 atom stereocenters. The standard InChI is InChI=1S/C9H12FNO/c1-6(12)9(11)7-3-2-4-8(10)5-7/h2-6,9,12H,11H2,1H3. The molecule has 0 bridgehead atoms. The number of nitrogens with two attached hydrogens (primary N) is 1. The van der Waals surface area contributed by atoms with Gasteiger partial charge >= 0.3 is 0 Å². The van der Waals surface area contributed by atoms with Crippen molar-refractivity contribution in [3.8, 4) is 0 Å². The lowest BCUT2D eigenvalue weighted by molar-refractivity contribution is 0.164. The molecule has 3 heteroatoms. The largest absolute Gasteiger partial charge is 0.391 e. The van der Waals surface area contributed by atoms with Gasteiger partial charge in [0.15, 0.2) is 0 Å². The number of aliphatic hydroxyl groups is 1. The summed E-state index contributed by atoms with van der Waals surface area (Å²) in [5.41, 5.74) is 6.21. The van der Waals surface area contributed by atoms with Crippen molar-refractivity contribution in [2.24, 2.45) is 5.73 Å². The van der Waals surface area contributed by atoms with E-state index in [0.717, 1.165) is 0 Å². The Morgan fingerprint density at radius 3 is 2.67 bits per heavy atom. The minimum Gasteiger partial charge on any atom is -0.391 e. The van der Waals surface area contributed by atoms with Crippen LogP contribution in [0.25, 0.3) is 0 Å². The molecule has 0 saturated heterocycles. The average Bonchev–Trinajstić information content (AvgIpc) is 2.03. The zero-order valence-corrected chi connectivity index (χ0v) is 6.87. The molecular weight excluding hydrogens is 157 g/mol. The van der Waals surface area contributed by atoms with Crippen molar-refractivity contribution in [3.05, 3.63) is 35.6 Å². The Morgan fingerprint density at radius 1 is 1.50 bits per heavy atom. The van der Waals surface area contributed by atoms with E-state index in [2.05, 4.69) is 0 Å². The molecule has 1 aromatic rings. The highest BCUT2D eigenvalue weighted by atomic mass is 19.1. The Kier molecular flexibility index (Phi) is 2.78. The Morgan fingerprint density at radius 2 is 2.17 bits per heavy atom. The highest BCUT2D eigenvalue weighted by molar-refractivity contribution is 5.20. The number of rotatable bonds is 2. The molecule has 0 amide bonds. The smallest absolute Gasteiger partial charge is 0.123 e. The third-order valence-electron chi connectivity index (χ3n) is 1.75. The van der Waals surface area contributed by atoms with Gasteiger partial charge in [-0.25, -0.2) is 4.39 Å². The first-order valence-electron chi connectivity index (χ1n) is 3.80. The van der Waals surface area contributed by atoms with Gasteiger partial charge in [-0.05, 0) is 24.6 Å². The molecular formula is C9H12FNO. The monoisotopic (exact) mass is 169 g/mol. The van der Waals surface area contributed by atoms with Gasteiger partial charge in [-0.15, -0.1) is 0 Å². The molecule has 2 unspecified atom stereocenters. The lowest BCUT2D eigenvalue weighted by Gasteiger charge is -2.14. The maximum Gasteiger partial charge on any atom is 0.123 e. The maximum atomic E-state index is 12.7. The Hall–Kier alpha value is -0.930. The lowest BCUT2D eigenvalue weighted by Crippen LogP contribution is -2.23. The van der Waals surface area contributed by atoms with Crippen molar-refractivity contribution in [1.29, 1.82) is 0 Å². The van der Waals surface area contributed by atoms with E-state index in [-0.39, 0.29) is 5.82 Å². The van der Waals surface area contributed by atoms with Crippen LogP contribution in [0, 0.1) is 5.82 Å². The van der Waals surface area contributed by atoms with Crippen LogP contribution in [0.1, 0.15) is 18.5 Å². The Bertz CT molecular complexity index is 262. The number of benzene rings is 1. The van der Waals surface area contributed by atoms with E-state index < -0.39 is 12.1 Å². The van der Waals surface area contributed by atoms with E-state index >= 15 is 0 Å². The summed E-state index contributed by atoms with van der Waals surface area (Å²) in [5, 5.41) is 9.12. The molecule has 2 nitrogen and oxygen atoms in total. The zero-order chi connectivity index (χ0) is 9.14. The van der Waals surface area contributed by atoms with E-state index in [1.165, 1.54) is 12.1 Å². The van der Waals surface area contributed by atoms with Crippen molar-refractivity contribution >= 4 is 0 Å². The van der Waals surface area contributed by atoms with E-state index in [1.807, 2.05) is 0 Å². The molecule has 1 aromatic carbocycles. The fourth-order valence-electron chi connectivity index (χ4n) is 0.992. The van der Waals surface area contributed by atoms with Crippen LogP contribution in [0.3, 0.4) is 0 Å². The molecule has 0 aliphatic heterocycles. The second-order valence-corrected chi connectivity index (χ2v) is 2.82. The molecule has 0 aliphatic carbocycles. The first-order valence-corrected chi connectivity index (χ1v) is 3.80. The first kappa shape index (κ1) is 9.16. The van der Waals surface area contributed by atoms with Gasteiger partial charge in [0.25, 0.3) is 0 Å². The van der Waals surface area contributed by atoms with E-state index in [0.29, 0.717) is 5.56 Å². The van der Waals surface area contributed by atoms with Crippen LogP contribution in [-0.4, -0.2) is 11.2 Å². The second-order valence-electron chi connectivity index (χ2n) is 2.82. The van der Waals surface area contributed by atoms with Crippen LogP contribution in [0.4, 0.5) is 4.39 Å². The van der Waals surface area contributed by atoms with Gasteiger partial charge in [-0.3, -0.25) is 0 Å². The SMILES string of the molecule is CC(O)C(N)c1cccc(F)c1. The van der Waals surface area contributed by atoms with Gasteiger partial charge in [-0.1, -0.05) is 12.1 Å². The average molecular weight is 169 g/mol. The molecule has 0 heterocycles. The van der Waals surface area contributed by atoms with Crippen LogP contribution >= 0.6 is 0 Å². The number of aliphatic hydroxyl groups excluding tert-OH is 1. The number of hydrogen-bond acceptors (Lipinski definition) is 2. The maximum absolute atomic E-state index is 12.7. The molecule has 3 N–H and O–H groups in total. The quantitative estimate of drug-likeness (QED) is 0.699. The van der Waals surface area contributed by atoms with Gasteiger partial charge in [0, 0.05) is 0 Å². The zero-order valence-electron chi connectivity index (χ0n) is 6.87. The highest BCUT2D eigenvalue weighted by Gasteiger charge is 2.11. The van der Waals surface area contributed by atoms with Crippen LogP contribution in [0.15, 0.2) is 24.3 Å². The Labute approximate surface area is 70.8 Å². The summed E-state index contributed by atoms with van der Waals surface area (Å²) in [6.07, 6.45) is -0.660. The third-order valence-corrected chi connectivity index (χ3v) is 1.75. The molecule has 0 aromatic heterocycles. The van der Waals surface area contributed by atoms with Crippen molar-refractivity contribution in [2.45, 2.75) is 19.1 Å². The molecule has 0 saturated carbocycles. The molecule has 1 rings (SSSR count). The van der Waals surface area contributed by atoms with Gasteiger partial charge in [0.05, 0.1) is 12.1 Å². The number of halogens is 1. The summed E-state index contributed by atoms with van der Waals surface area (Å²) in [7, 11) is 0. The van der Waals surface area contributed by atoms with Gasteiger partial charge < -0.3 is 10.8 Å².